The first-order chi connectivity index (χ1) is 7.65. The van der Waals surface area contributed by atoms with E-state index >= 15 is 0 Å². The summed E-state index contributed by atoms with van der Waals surface area (Å²) in [6, 6.07) is 2.48. The second-order valence-corrected chi connectivity index (χ2v) is 5.53. The molecule has 0 aromatic heterocycles. The Kier molecular flexibility index (Phi) is 3.23. The summed E-state index contributed by atoms with van der Waals surface area (Å²) in [6.45, 7) is 3.74. The number of rotatable bonds is 1. The normalized spacial score (nSPS) is 38.9. The first kappa shape index (κ1) is 11.9. The van der Waals surface area contributed by atoms with E-state index in [2.05, 4.69) is 18.3 Å². The molecule has 2 fully saturated rings. The highest BCUT2D eigenvalue weighted by Crippen LogP contribution is 2.50. The van der Waals surface area contributed by atoms with Crippen LogP contribution in [0.25, 0.3) is 0 Å². The van der Waals surface area contributed by atoms with Crippen LogP contribution in [-0.4, -0.2) is 23.8 Å². The van der Waals surface area contributed by atoms with E-state index in [0.29, 0.717) is 0 Å². The SMILES string of the molecule is CC1CNCCC1(O)C1(C#N)CCCCC1. The zero-order valence-corrected chi connectivity index (χ0v) is 10.1. The van der Waals surface area contributed by atoms with Gasteiger partial charge in [0.25, 0.3) is 0 Å². The van der Waals surface area contributed by atoms with Gasteiger partial charge >= 0.3 is 0 Å². The van der Waals surface area contributed by atoms with Crippen molar-refractivity contribution in [1.29, 1.82) is 5.26 Å². The molecule has 2 unspecified atom stereocenters. The van der Waals surface area contributed by atoms with E-state index in [1.807, 2.05) is 0 Å². The lowest BCUT2D eigenvalue weighted by molar-refractivity contribution is -0.126. The van der Waals surface area contributed by atoms with Crippen molar-refractivity contribution >= 4 is 0 Å². The summed E-state index contributed by atoms with van der Waals surface area (Å²) in [4.78, 5) is 0. The Balaban J connectivity index is 2.27. The average Bonchev–Trinajstić information content (AvgIpc) is 2.34. The Morgan fingerprint density at radius 1 is 1.25 bits per heavy atom. The van der Waals surface area contributed by atoms with Crippen molar-refractivity contribution in [3.8, 4) is 6.07 Å². The maximum absolute atomic E-state index is 11.0. The van der Waals surface area contributed by atoms with Gasteiger partial charge in [-0.2, -0.15) is 5.26 Å². The van der Waals surface area contributed by atoms with Crippen molar-refractivity contribution < 1.29 is 5.11 Å². The molecule has 0 aromatic rings. The van der Waals surface area contributed by atoms with Gasteiger partial charge in [-0.15, -0.1) is 0 Å². The summed E-state index contributed by atoms with van der Waals surface area (Å²) in [5, 5.41) is 23.8. The molecule has 3 nitrogen and oxygen atoms in total. The molecule has 1 heterocycles. The van der Waals surface area contributed by atoms with Crippen molar-refractivity contribution in [2.75, 3.05) is 13.1 Å². The Morgan fingerprint density at radius 3 is 2.50 bits per heavy atom. The summed E-state index contributed by atoms with van der Waals surface area (Å²) in [7, 11) is 0. The summed E-state index contributed by atoms with van der Waals surface area (Å²) in [5.41, 5.74) is -1.25. The van der Waals surface area contributed by atoms with Crippen molar-refractivity contribution in [2.24, 2.45) is 11.3 Å². The monoisotopic (exact) mass is 222 g/mol. The zero-order chi connectivity index (χ0) is 11.6. The number of nitrogens with one attached hydrogen (secondary N) is 1. The number of nitrogens with zero attached hydrogens (tertiary/aromatic N) is 1. The van der Waals surface area contributed by atoms with Crippen LogP contribution in [0.4, 0.5) is 0 Å². The molecule has 1 aliphatic carbocycles. The molecule has 3 heteroatoms. The second kappa shape index (κ2) is 4.35. The fourth-order valence-corrected chi connectivity index (χ4v) is 3.52. The van der Waals surface area contributed by atoms with Gasteiger partial charge in [0.1, 0.15) is 0 Å². The molecule has 1 aliphatic heterocycles. The molecule has 2 atom stereocenters. The molecule has 0 radical (unpaired) electrons. The topological polar surface area (TPSA) is 56.0 Å². The van der Waals surface area contributed by atoms with E-state index < -0.39 is 11.0 Å². The van der Waals surface area contributed by atoms with Gasteiger partial charge in [0.15, 0.2) is 0 Å². The lowest BCUT2D eigenvalue weighted by Crippen LogP contribution is -2.59. The molecule has 1 saturated carbocycles. The van der Waals surface area contributed by atoms with Gasteiger partial charge in [-0.3, -0.25) is 0 Å². The van der Waals surface area contributed by atoms with Crippen LogP contribution < -0.4 is 5.32 Å². The van der Waals surface area contributed by atoms with Gasteiger partial charge < -0.3 is 10.4 Å². The van der Waals surface area contributed by atoms with Gasteiger partial charge in [0.2, 0.25) is 0 Å². The summed E-state index contributed by atoms with van der Waals surface area (Å²) in [5.74, 6) is 0.180. The van der Waals surface area contributed by atoms with Gasteiger partial charge in [0, 0.05) is 6.54 Å². The third-order valence-corrected chi connectivity index (χ3v) is 4.70. The van der Waals surface area contributed by atoms with E-state index in [-0.39, 0.29) is 5.92 Å². The third kappa shape index (κ3) is 1.65. The number of aliphatic hydroxyl groups is 1. The van der Waals surface area contributed by atoms with Gasteiger partial charge in [0.05, 0.1) is 17.1 Å². The fourth-order valence-electron chi connectivity index (χ4n) is 3.52. The molecule has 2 N–H and O–H groups in total. The van der Waals surface area contributed by atoms with E-state index in [9.17, 15) is 10.4 Å². The van der Waals surface area contributed by atoms with E-state index in [0.717, 1.165) is 45.2 Å². The molecule has 16 heavy (non-hydrogen) atoms. The summed E-state index contributed by atoms with van der Waals surface area (Å²) < 4.78 is 0. The zero-order valence-electron chi connectivity index (χ0n) is 10.1. The summed E-state index contributed by atoms with van der Waals surface area (Å²) >= 11 is 0. The molecule has 2 aliphatic rings. The highest BCUT2D eigenvalue weighted by Gasteiger charge is 2.54. The molecular formula is C13H22N2O. The molecular weight excluding hydrogens is 200 g/mol. The maximum Gasteiger partial charge on any atom is 0.0882 e. The van der Waals surface area contributed by atoms with Crippen molar-refractivity contribution in [3.63, 3.8) is 0 Å². The van der Waals surface area contributed by atoms with Crippen LogP contribution in [0.1, 0.15) is 45.4 Å². The first-order valence-electron chi connectivity index (χ1n) is 6.49. The predicted octanol–water partition coefficient (Wildman–Crippen LogP) is 1.82. The molecule has 0 amide bonds. The van der Waals surface area contributed by atoms with E-state index in [1.165, 1.54) is 6.42 Å². The molecule has 2 rings (SSSR count). The standard InChI is InChI=1S/C13H22N2O/c1-11-9-15-8-7-13(11,16)12(10-14)5-3-2-4-6-12/h11,15-16H,2-9H2,1H3. The second-order valence-electron chi connectivity index (χ2n) is 5.53. The Labute approximate surface area is 97.8 Å². The van der Waals surface area contributed by atoms with Crippen molar-refractivity contribution in [2.45, 2.75) is 51.0 Å². The number of piperidine rings is 1. The average molecular weight is 222 g/mol. The molecule has 0 spiro atoms. The Morgan fingerprint density at radius 2 is 1.94 bits per heavy atom. The minimum atomic E-state index is -0.770. The summed E-state index contributed by atoms with van der Waals surface area (Å²) in [6.07, 6.45) is 5.88. The first-order valence-corrected chi connectivity index (χ1v) is 6.49. The van der Waals surface area contributed by atoms with Crippen molar-refractivity contribution in [1.82, 2.24) is 5.32 Å². The largest absolute Gasteiger partial charge is 0.388 e. The smallest absolute Gasteiger partial charge is 0.0882 e. The minimum absolute atomic E-state index is 0.180. The molecule has 0 aromatic carbocycles. The maximum atomic E-state index is 11.0. The van der Waals surface area contributed by atoms with Gasteiger partial charge in [-0.1, -0.05) is 26.2 Å². The van der Waals surface area contributed by atoms with Crippen LogP contribution in [0.3, 0.4) is 0 Å². The van der Waals surface area contributed by atoms with Crippen LogP contribution in [0.5, 0.6) is 0 Å². The van der Waals surface area contributed by atoms with Crippen molar-refractivity contribution in [3.05, 3.63) is 0 Å². The quantitative estimate of drug-likeness (QED) is 0.711. The molecule has 90 valence electrons. The predicted molar refractivity (Wildman–Crippen MR) is 62.7 cm³/mol. The molecule has 1 saturated heterocycles. The highest BCUT2D eigenvalue weighted by atomic mass is 16.3. The minimum Gasteiger partial charge on any atom is -0.388 e. The van der Waals surface area contributed by atoms with Crippen LogP contribution in [-0.2, 0) is 0 Å². The molecule has 0 bridgehead atoms. The number of hydrogen-bond acceptors (Lipinski definition) is 3. The van der Waals surface area contributed by atoms with Crippen LogP contribution >= 0.6 is 0 Å². The fraction of sp³-hybridized carbons (Fsp3) is 0.923. The lowest BCUT2D eigenvalue weighted by Gasteiger charge is -2.50. The van der Waals surface area contributed by atoms with Crippen LogP contribution in [0.2, 0.25) is 0 Å². The highest BCUT2D eigenvalue weighted by molar-refractivity contribution is 5.15. The lowest BCUT2D eigenvalue weighted by atomic mass is 9.58. The van der Waals surface area contributed by atoms with Crippen LogP contribution in [0, 0.1) is 22.7 Å². The third-order valence-electron chi connectivity index (χ3n) is 4.70. The van der Waals surface area contributed by atoms with E-state index in [4.69, 9.17) is 0 Å². The van der Waals surface area contributed by atoms with Gasteiger partial charge in [-0.05, 0) is 31.7 Å². The van der Waals surface area contributed by atoms with Gasteiger partial charge in [-0.25, -0.2) is 0 Å². The van der Waals surface area contributed by atoms with E-state index in [1.54, 1.807) is 0 Å². The number of hydrogen-bond donors (Lipinski definition) is 2. The number of nitriles is 1. The Hall–Kier alpha value is -0.590. The van der Waals surface area contributed by atoms with Crippen LogP contribution in [0.15, 0.2) is 0 Å². The Bertz CT molecular complexity index is 291.